The highest BCUT2D eigenvalue weighted by atomic mass is 35.5. The van der Waals surface area contributed by atoms with Gasteiger partial charge in [-0.15, -0.1) is 0 Å². The molecule has 140 valence electrons. The number of methoxy groups -OCH3 is 2. The molecule has 0 aliphatic carbocycles. The summed E-state index contributed by atoms with van der Waals surface area (Å²) in [6, 6.07) is 0. The summed E-state index contributed by atoms with van der Waals surface area (Å²) in [6.07, 6.45) is 1.53. The van der Waals surface area contributed by atoms with Gasteiger partial charge in [0.05, 0.1) is 27.0 Å². The van der Waals surface area contributed by atoms with Crippen LogP contribution in [-0.4, -0.2) is 53.2 Å². The van der Waals surface area contributed by atoms with E-state index in [0.717, 1.165) is 13.1 Å². The number of nitrogens with one attached hydrogen (secondary N) is 2. The molecule has 10 nitrogen and oxygen atoms in total. The Morgan fingerprint density at radius 3 is 2.38 bits per heavy atom. The zero-order valence-corrected chi connectivity index (χ0v) is 15.8. The highest BCUT2D eigenvalue weighted by Crippen LogP contribution is 2.28. The van der Waals surface area contributed by atoms with E-state index < -0.39 is 0 Å². The van der Waals surface area contributed by atoms with E-state index in [1.54, 1.807) is 13.8 Å². The Labute approximate surface area is 156 Å². The molecule has 0 amide bonds. The molecule has 4 N–H and O–H groups in total. The minimum atomic E-state index is 0.320. The van der Waals surface area contributed by atoms with Crippen molar-refractivity contribution in [3.63, 3.8) is 0 Å². The average Bonchev–Trinajstić information content (AvgIpc) is 3.13. The highest BCUT2D eigenvalue weighted by Gasteiger charge is 2.15. The Kier molecular flexibility index (Phi) is 6.73. The summed E-state index contributed by atoms with van der Waals surface area (Å²) in [4.78, 5) is 20.2. The van der Waals surface area contributed by atoms with Crippen molar-refractivity contribution in [2.24, 2.45) is 4.99 Å². The van der Waals surface area contributed by atoms with E-state index in [-0.39, 0.29) is 0 Å². The second-order valence-corrected chi connectivity index (χ2v) is 5.47. The number of anilines is 2. The van der Waals surface area contributed by atoms with Gasteiger partial charge in [0.15, 0.2) is 11.1 Å². The Balaban J connectivity index is 0.000000209. The van der Waals surface area contributed by atoms with Crippen molar-refractivity contribution < 1.29 is 9.47 Å². The Bertz CT molecular complexity index is 799. The summed E-state index contributed by atoms with van der Waals surface area (Å²) >= 11 is 6.02. The molecule has 11 heteroatoms. The molecule has 2 aromatic rings. The largest absolute Gasteiger partial charge is 0.479 e. The van der Waals surface area contributed by atoms with Gasteiger partial charge in [-0.3, -0.25) is 4.99 Å². The SMILES string of the molecule is COc1nc(C)nc(Cl)c1NC1=NCCN1.COc1nc(C)ncc1N. The van der Waals surface area contributed by atoms with Crippen molar-refractivity contribution in [3.05, 3.63) is 23.0 Å². The zero-order chi connectivity index (χ0) is 19.1. The first-order chi connectivity index (χ1) is 12.4. The lowest BCUT2D eigenvalue weighted by molar-refractivity contribution is 0.398. The number of nitrogen functional groups attached to an aromatic ring is 1. The fourth-order valence-corrected chi connectivity index (χ4v) is 2.24. The van der Waals surface area contributed by atoms with E-state index in [1.165, 1.54) is 20.4 Å². The molecule has 26 heavy (non-hydrogen) atoms. The standard InChI is InChI=1S/C9H12ClN5O.C6H9N3O/c1-5-13-7(10)6(8(14-5)16-2)15-9-11-3-4-12-9;1-4-8-3-5(7)6(9-4)10-2/h3-4H2,1-2H3,(H2,11,12,15);3H,7H2,1-2H3. The summed E-state index contributed by atoms with van der Waals surface area (Å²) in [6.45, 7) is 5.09. The molecule has 1 aliphatic rings. The zero-order valence-electron chi connectivity index (χ0n) is 15.0. The van der Waals surface area contributed by atoms with Gasteiger partial charge >= 0.3 is 0 Å². The quantitative estimate of drug-likeness (QED) is 0.671. The normalized spacial score (nSPS) is 12.4. The topological polar surface area (TPSA) is 132 Å². The third-order valence-corrected chi connectivity index (χ3v) is 3.42. The number of aryl methyl sites for hydroxylation is 2. The van der Waals surface area contributed by atoms with Crippen LogP contribution in [0.3, 0.4) is 0 Å². The van der Waals surface area contributed by atoms with Crippen molar-refractivity contribution in [2.45, 2.75) is 13.8 Å². The molecular weight excluding hydrogens is 360 g/mol. The van der Waals surface area contributed by atoms with E-state index in [9.17, 15) is 0 Å². The number of hydrogen-bond acceptors (Lipinski definition) is 10. The van der Waals surface area contributed by atoms with Gasteiger partial charge in [-0.25, -0.2) is 9.97 Å². The molecule has 0 unspecified atom stereocenters. The smallest absolute Gasteiger partial charge is 0.242 e. The maximum atomic E-state index is 6.02. The van der Waals surface area contributed by atoms with Crippen LogP contribution >= 0.6 is 11.6 Å². The van der Waals surface area contributed by atoms with Crippen LogP contribution in [0, 0.1) is 13.8 Å². The number of nitrogens with zero attached hydrogens (tertiary/aromatic N) is 5. The fraction of sp³-hybridized carbons (Fsp3) is 0.400. The van der Waals surface area contributed by atoms with Crippen LogP contribution in [0.25, 0.3) is 0 Å². The second-order valence-electron chi connectivity index (χ2n) is 5.11. The lowest BCUT2D eigenvalue weighted by Crippen LogP contribution is -2.26. The van der Waals surface area contributed by atoms with E-state index in [4.69, 9.17) is 26.8 Å². The maximum Gasteiger partial charge on any atom is 0.242 e. The number of rotatable bonds is 3. The van der Waals surface area contributed by atoms with E-state index >= 15 is 0 Å². The summed E-state index contributed by atoms with van der Waals surface area (Å²) < 4.78 is 9.99. The average molecular weight is 381 g/mol. The van der Waals surface area contributed by atoms with Crippen molar-refractivity contribution in [2.75, 3.05) is 38.4 Å². The lowest BCUT2D eigenvalue weighted by atomic mass is 10.4. The number of hydrogen-bond donors (Lipinski definition) is 3. The molecular formula is C15H21ClN8O2. The third-order valence-electron chi connectivity index (χ3n) is 3.15. The second kappa shape index (κ2) is 8.99. The van der Waals surface area contributed by atoms with E-state index in [1.807, 2.05) is 0 Å². The molecule has 3 heterocycles. The minimum Gasteiger partial charge on any atom is -0.479 e. The van der Waals surface area contributed by atoms with Gasteiger partial charge < -0.3 is 25.8 Å². The Morgan fingerprint density at radius 1 is 1.12 bits per heavy atom. The van der Waals surface area contributed by atoms with Crippen molar-refractivity contribution in [3.8, 4) is 11.8 Å². The molecule has 2 aromatic heterocycles. The van der Waals surface area contributed by atoms with E-state index in [2.05, 4.69) is 35.6 Å². The van der Waals surface area contributed by atoms with Gasteiger partial charge in [-0.2, -0.15) is 9.97 Å². The summed E-state index contributed by atoms with van der Waals surface area (Å²) in [5.41, 5.74) is 6.45. The minimum absolute atomic E-state index is 0.320. The number of ether oxygens (including phenoxy) is 2. The van der Waals surface area contributed by atoms with Gasteiger partial charge in [-0.1, -0.05) is 11.6 Å². The van der Waals surface area contributed by atoms with Gasteiger partial charge in [0, 0.05) is 6.54 Å². The molecule has 0 saturated carbocycles. The van der Waals surface area contributed by atoms with Crippen LogP contribution in [0.4, 0.5) is 11.4 Å². The van der Waals surface area contributed by atoms with Crippen molar-refractivity contribution in [1.82, 2.24) is 25.3 Å². The summed E-state index contributed by atoms with van der Waals surface area (Å²) in [5.74, 6) is 2.73. The highest BCUT2D eigenvalue weighted by molar-refractivity contribution is 6.32. The first kappa shape index (κ1) is 19.4. The van der Waals surface area contributed by atoms with Crippen molar-refractivity contribution in [1.29, 1.82) is 0 Å². The molecule has 1 aliphatic heterocycles. The predicted octanol–water partition coefficient (Wildman–Crippen LogP) is 1.19. The number of halogens is 1. The van der Waals surface area contributed by atoms with Gasteiger partial charge in [-0.05, 0) is 13.8 Å². The summed E-state index contributed by atoms with van der Waals surface area (Å²) in [7, 11) is 3.06. The molecule has 0 aromatic carbocycles. The Hall–Kier alpha value is -2.88. The molecule has 0 radical (unpaired) electrons. The molecule has 0 saturated heterocycles. The van der Waals surface area contributed by atoms with Crippen molar-refractivity contribution >= 4 is 28.9 Å². The summed E-state index contributed by atoms with van der Waals surface area (Å²) in [5, 5.41) is 6.40. The number of aromatic nitrogens is 4. The van der Waals surface area contributed by atoms with Crippen LogP contribution in [-0.2, 0) is 0 Å². The van der Waals surface area contributed by atoms with Gasteiger partial charge in [0.2, 0.25) is 11.8 Å². The first-order valence-electron chi connectivity index (χ1n) is 7.71. The molecule has 3 rings (SSSR count). The first-order valence-corrected chi connectivity index (χ1v) is 8.09. The van der Waals surface area contributed by atoms with Crippen LogP contribution in [0.15, 0.2) is 11.2 Å². The Morgan fingerprint density at radius 2 is 1.81 bits per heavy atom. The van der Waals surface area contributed by atoms with Crippen LogP contribution < -0.4 is 25.8 Å². The van der Waals surface area contributed by atoms with Gasteiger partial charge in [0.25, 0.3) is 0 Å². The third kappa shape index (κ3) is 5.06. The lowest BCUT2D eigenvalue weighted by Gasteiger charge is -2.11. The fourth-order valence-electron chi connectivity index (χ4n) is 1.99. The maximum absolute atomic E-state index is 6.02. The molecule has 0 bridgehead atoms. The molecule has 0 fully saturated rings. The van der Waals surface area contributed by atoms with Crippen LogP contribution in [0.2, 0.25) is 5.15 Å². The predicted molar refractivity (Wildman–Crippen MR) is 100.0 cm³/mol. The molecule has 0 atom stereocenters. The van der Waals surface area contributed by atoms with Crippen LogP contribution in [0.1, 0.15) is 11.6 Å². The monoisotopic (exact) mass is 380 g/mol. The van der Waals surface area contributed by atoms with Gasteiger partial charge in [0.1, 0.15) is 23.0 Å². The molecule has 0 spiro atoms. The van der Waals surface area contributed by atoms with Crippen LogP contribution in [0.5, 0.6) is 11.8 Å². The number of nitrogens with two attached hydrogens (primary N) is 1. The number of guanidine groups is 1. The van der Waals surface area contributed by atoms with E-state index in [0.29, 0.717) is 45.9 Å². The number of aliphatic imine (C=N–C) groups is 1.